The van der Waals surface area contributed by atoms with Crippen molar-refractivity contribution in [3.8, 4) is 23.0 Å². The van der Waals surface area contributed by atoms with Gasteiger partial charge in [-0.25, -0.2) is 4.79 Å². The Bertz CT molecular complexity index is 946. The summed E-state index contributed by atoms with van der Waals surface area (Å²) in [5.41, 5.74) is 1.09. The van der Waals surface area contributed by atoms with Crippen LogP contribution in [0.2, 0.25) is 0 Å². The minimum Gasteiger partial charge on any atom is -0.497 e. The lowest BCUT2D eigenvalue weighted by Gasteiger charge is -2.12. The third kappa shape index (κ3) is 3.78. The van der Waals surface area contributed by atoms with Gasteiger partial charge >= 0.3 is 5.97 Å². The van der Waals surface area contributed by atoms with Crippen LogP contribution in [0.3, 0.4) is 0 Å². The molecule has 0 fully saturated rings. The maximum absolute atomic E-state index is 12.6. The van der Waals surface area contributed by atoms with Crippen LogP contribution in [0.4, 0.5) is 0 Å². The SMILES string of the molecule is COC(=O)[C@@H](C)Oc1ccc2c(c1)OC(=Cc1ccc(OC)cc1OC)C2=O. The summed E-state index contributed by atoms with van der Waals surface area (Å²) < 4.78 is 26.4. The molecule has 0 amide bonds. The Morgan fingerprint density at radius 3 is 2.46 bits per heavy atom. The first-order valence-electron chi connectivity index (χ1n) is 8.51. The second-order valence-electron chi connectivity index (χ2n) is 5.99. The van der Waals surface area contributed by atoms with Crippen molar-refractivity contribution in [1.29, 1.82) is 0 Å². The van der Waals surface area contributed by atoms with Gasteiger partial charge in [-0.1, -0.05) is 0 Å². The van der Waals surface area contributed by atoms with Gasteiger partial charge in [0.05, 0.1) is 26.9 Å². The van der Waals surface area contributed by atoms with Crippen LogP contribution in [0.25, 0.3) is 6.08 Å². The molecule has 0 saturated heterocycles. The number of methoxy groups -OCH3 is 3. The average Bonchev–Trinajstić information content (AvgIpc) is 3.02. The molecule has 7 heteroatoms. The van der Waals surface area contributed by atoms with Crippen molar-refractivity contribution >= 4 is 17.8 Å². The number of esters is 1. The Morgan fingerprint density at radius 2 is 1.79 bits per heavy atom. The van der Waals surface area contributed by atoms with Gasteiger partial charge in [-0.15, -0.1) is 0 Å². The van der Waals surface area contributed by atoms with E-state index < -0.39 is 12.1 Å². The summed E-state index contributed by atoms with van der Waals surface area (Å²) in [6.07, 6.45) is 0.830. The number of hydrogen-bond donors (Lipinski definition) is 0. The molecule has 3 rings (SSSR count). The highest BCUT2D eigenvalue weighted by atomic mass is 16.6. The maximum Gasteiger partial charge on any atom is 0.346 e. The van der Waals surface area contributed by atoms with Gasteiger partial charge in [-0.05, 0) is 37.3 Å². The van der Waals surface area contributed by atoms with E-state index in [1.165, 1.54) is 14.2 Å². The molecule has 28 heavy (non-hydrogen) atoms. The molecule has 1 atom stereocenters. The highest BCUT2D eigenvalue weighted by molar-refractivity contribution is 6.14. The molecule has 0 N–H and O–H groups in total. The van der Waals surface area contributed by atoms with Gasteiger partial charge < -0.3 is 23.7 Å². The van der Waals surface area contributed by atoms with Crippen LogP contribution < -0.4 is 18.9 Å². The van der Waals surface area contributed by atoms with E-state index in [0.29, 0.717) is 34.1 Å². The van der Waals surface area contributed by atoms with E-state index in [2.05, 4.69) is 4.74 Å². The van der Waals surface area contributed by atoms with Gasteiger partial charge in [0.2, 0.25) is 5.78 Å². The van der Waals surface area contributed by atoms with Crippen molar-refractivity contribution < 1.29 is 33.3 Å². The van der Waals surface area contributed by atoms with Crippen molar-refractivity contribution in [3.63, 3.8) is 0 Å². The first-order chi connectivity index (χ1) is 13.5. The summed E-state index contributed by atoms with van der Waals surface area (Å²) in [6, 6.07) is 10.0. The fraction of sp³-hybridized carbons (Fsp3) is 0.238. The predicted octanol–water partition coefficient (Wildman–Crippen LogP) is 3.26. The highest BCUT2D eigenvalue weighted by Gasteiger charge is 2.28. The number of rotatable bonds is 6. The molecule has 1 aliphatic heterocycles. The van der Waals surface area contributed by atoms with Crippen LogP contribution in [-0.4, -0.2) is 39.2 Å². The standard InChI is InChI=1S/C21H20O7/c1-12(21(23)26-4)27-15-7-8-16-18(11-15)28-19(20(16)22)9-13-5-6-14(24-2)10-17(13)25-3/h5-12H,1-4H3/t12-/m1/s1. The monoisotopic (exact) mass is 384 g/mol. The molecule has 0 unspecified atom stereocenters. The van der Waals surface area contributed by atoms with Crippen LogP contribution in [0.1, 0.15) is 22.8 Å². The summed E-state index contributed by atoms with van der Waals surface area (Å²) in [4.78, 5) is 24.1. The van der Waals surface area contributed by atoms with E-state index in [0.717, 1.165) is 0 Å². The number of benzene rings is 2. The van der Waals surface area contributed by atoms with E-state index in [1.54, 1.807) is 56.5 Å². The number of ketones is 1. The normalized spacial score (nSPS) is 14.9. The molecule has 2 aromatic rings. The van der Waals surface area contributed by atoms with Crippen molar-refractivity contribution in [2.75, 3.05) is 21.3 Å². The Kier molecular flexibility index (Phi) is 5.54. The topological polar surface area (TPSA) is 80.3 Å². The van der Waals surface area contributed by atoms with Crippen LogP contribution in [-0.2, 0) is 9.53 Å². The number of ether oxygens (including phenoxy) is 5. The lowest BCUT2D eigenvalue weighted by atomic mass is 10.1. The van der Waals surface area contributed by atoms with Gasteiger partial charge in [-0.3, -0.25) is 4.79 Å². The van der Waals surface area contributed by atoms with Gasteiger partial charge in [0.25, 0.3) is 0 Å². The van der Waals surface area contributed by atoms with E-state index in [1.807, 2.05) is 0 Å². The fourth-order valence-electron chi connectivity index (χ4n) is 2.74. The largest absolute Gasteiger partial charge is 0.497 e. The zero-order valence-corrected chi connectivity index (χ0v) is 16.0. The van der Waals surface area contributed by atoms with Crippen molar-refractivity contribution in [1.82, 2.24) is 0 Å². The summed E-state index contributed by atoms with van der Waals surface area (Å²) in [6.45, 7) is 1.58. The molecule has 0 aromatic heterocycles. The minimum absolute atomic E-state index is 0.164. The maximum atomic E-state index is 12.6. The number of Topliss-reactive ketones (excluding diaryl/α,β-unsaturated/α-hetero) is 1. The molecular weight excluding hydrogens is 364 g/mol. The molecule has 1 aliphatic rings. The van der Waals surface area contributed by atoms with Gasteiger partial charge in [0, 0.05) is 17.7 Å². The number of hydrogen-bond acceptors (Lipinski definition) is 7. The van der Waals surface area contributed by atoms with E-state index in [9.17, 15) is 9.59 Å². The quantitative estimate of drug-likeness (QED) is 0.559. The van der Waals surface area contributed by atoms with E-state index >= 15 is 0 Å². The van der Waals surface area contributed by atoms with Crippen LogP contribution >= 0.6 is 0 Å². The molecular formula is C21H20O7. The first-order valence-corrected chi connectivity index (χ1v) is 8.51. The smallest absolute Gasteiger partial charge is 0.346 e. The Morgan fingerprint density at radius 1 is 1.04 bits per heavy atom. The van der Waals surface area contributed by atoms with Crippen LogP contribution in [0.15, 0.2) is 42.2 Å². The zero-order chi connectivity index (χ0) is 20.3. The number of carbonyl (C=O) groups excluding carboxylic acids is 2. The highest BCUT2D eigenvalue weighted by Crippen LogP contribution is 2.36. The average molecular weight is 384 g/mol. The van der Waals surface area contributed by atoms with Gasteiger partial charge in [0.1, 0.15) is 23.0 Å². The third-order valence-electron chi connectivity index (χ3n) is 4.21. The minimum atomic E-state index is -0.779. The molecule has 146 valence electrons. The number of allylic oxidation sites excluding steroid dienone is 1. The van der Waals surface area contributed by atoms with Crippen LogP contribution in [0.5, 0.6) is 23.0 Å². The molecule has 2 aromatic carbocycles. The number of carbonyl (C=O) groups is 2. The van der Waals surface area contributed by atoms with Crippen LogP contribution in [0, 0.1) is 0 Å². The van der Waals surface area contributed by atoms with Crippen molar-refractivity contribution in [3.05, 3.63) is 53.3 Å². The Hall–Kier alpha value is -3.48. The summed E-state index contributed by atoms with van der Waals surface area (Å²) >= 11 is 0. The predicted molar refractivity (Wildman–Crippen MR) is 101 cm³/mol. The summed E-state index contributed by atoms with van der Waals surface area (Å²) in [5.74, 6) is 1.37. The zero-order valence-electron chi connectivity index (χ0n) is 16.0. The molecule has 1 heterocycles. The fourth-order valence-corrected chi connectivity index (χ4v) is 2.74. The van der Waals surface area contributed by atoms with Gasteiger partial charge in [-0.2, -0.15) is 0 Å². The summed E-state index contributed by atoms with van der Waals surface area (Å²) in [5, 5.41) is 0. The molecule has 0 spiro atoms. The third-order valence-corrected chi connectivity index (χ3v) is 4.21. The van der Waals surface area contributed by atoms with E-state index in [-0.39, 0.29) is 11.5 Å². The first kappa shape index (κ1) is 19.3. The lowest BCUT2D eigenvalue weighted by molar-refractivity contribution is -0.147. The second kappa shape index (κ2) is 8.04. The molecule has 0 saturated carbocycles. The van der Waals surface area contributed by atoms with Crippen molar-refractivity contribution in [2.45, 2.75) is 13.0 Å². The number of fused-ring (bicyclic) bond motifs is 1. The van der Waals surface area contributed by atoms with Gasteiger partial charge in [0.15, 0.2) is 11.9 Å². The lowest BCUT2D eigenvalue weighted by Crippen LogP contribution is -2.24. The van der Waals surface area contributed by atoms with E-state index in [4.69, 9.17) is 18.9 Å². The second-order valence-corrected chi connectivity index (χ2v) is 5.99. The Labute approximate surface area is 162 Å². The summed E-state index contributed by atoms with van der Waals surface area (Å²) in [7, 11) is 4.39. The molecule has 0 aliphatic carbocycles. The molecule has 0 radical (unpaired) electrons. The van der Waals surface area contributed by atoms with Crippen molar-refractivity contribution in [2.24, 2.45) is 0 Å². The molecule has 0 bridgehead atoms. The molecule has 7 nitrogen and oxygen atoms in total. The Balaban J connectivity index is 1.85.